The van der Waals surface area contributed by atoms with E-state index in [1.165, 1.54) is 18.3 Å². The molecule has 0 unspecified atom stereocenters. The molecule has 0 saturated heterocycles. The van der Waals surface area contributed by atoms with Crippen LogP contribution in [0.2, 0.25) is 0 Å². The highest BCUT2D eigenvalue weighted by atomic mass is 16.6. The molecule has 98 valence electrons. The number of hydrogen-bond acceptors (Lipinski definition) is 4. The van der Waals surface area contributed by atoms with Gasteiger partial charge in [0, 0.05) is 23.8 Å². The largest absolute Gasteiger partial charge is 0.618 e. The highest BCUT2D eigenvalue weighted by molar-refractivity contribution is 5.72. The van der Waals surface area contributed by atoms with Crippen LogP contribution in [0.4, 0.5) is 5.69 Å². The van der Waals surface area contributed by atoms with Crippen molar-refractivity contribution in [3.8, 4) is 11.3 Å². The Hall–Kier alpha value is -3.02. The van der Waals surface area contributed by atoms with Crippen molar-refractivity contribution < 1.29 is 9.65 Å². The molecule has 0 N–H and O–H groups in total. The van der Waals surface area contributed by atoms with E-state index < -0.39 is 4.92 Å². The predicted molar refractivity (Wildman–Crippen MR) is 72.8 cm³/mol. The summed E-state index contributed by atoms with van der Waals surface area (Å²) < 4.78 is 0.781. The quantitative estimate of drug-likeness (QED) is 0.309. The maximum Gasteiger partial charge on any atom is 0.269 e. The van der Waals surface area contributed by atoms with E-state index in [4.69, 9.17) is 0 Å². The second kappa shape index (κ2) is 4.58. The fourth-order valence-electron chi connectivity index (χ4n) is 2.00. The van der Waals surface area contributed by atoms with Crippen LogP contribution in [0, 0.1) is 15.3 Å². The summed E-state index contributed by atoms with van der Waals surface area (Å²) in [5.41, 5.74) is 2.00. The second-order valence-corrected chi connectivity index (χ2v) is 4.23. The minimum Gasteiger partial charge on any atom is -0.618 e. The molecule has 0 atom stereocenters. The van der Waals surface area contributed by atoms with Crippen molar-refractivity contribution in [2.45, 2.75) is 0 Å². The standard InChI is InChI=1S/C14H9N3O3/c18-16-13-4-2-1-3-12(13)15-9-14(16)10-5-7-11(8-6-10)17(19)20/h1-9H. The Labute approximate surface area is 113 Å². The molecule has 3 rings (SSSR count). The Morgan fingerprint density at radius 2 is 1.75 bits per heavy atom. The van der Waals surface area contributed by atoms with E-state index >= 15 is 0 Å². The zero-order valence-corrected chi connectivity index (χ0v) is 10.3. The SMILES string of the molecule is O=[N+]([O-])c1ccc(-c2cnc3ccccc3[n+]2[O-])cc1. The molecule has 1 heterocycles. The fraction of sp³-hybridized carbons (Fsp3) is 0. The molecule has 6 heteroatoms. The van der Waals surface area contributed by atoms with Gasteiger partial charge in [-0.15, -0.1) is 0 Å². The number of nitro benzene ring substituents is 1. The van der Waals surface area contributed by atoms with Crippen LogP contribution in [0.15, 0.2) is 54.7 Å². The first kappa shape index (κ1) is 12.0. The maximum absolute atomic E-state index is 12.3. The molecular weight excluding hydrogens is 258 g/mol. The number of nitro groups is 1. The monoisotopic (exact) mass is 267 g/mol. The Bertz CT molecular complexity index is 800. The first-order valence-electron chi connectivity index (χ1n) is 5.89. The van der Waals surface area contributed by atoms with Crippen molar-refractivity contribution in [2.24, 2.45) is 0 Å². The molecule has 3 aromatic rings. The number of para-hydroxylation sites is 2. The summed E-state index contributed by atoms with van der Waals surface area (Å²) in [4.78, 5) is 14.4. The van der Waals surface area contributed by atoms with E-state index in [0.717, 1.165) is 4.73 Å². The van der Waals surface area contributed by atoms with Crippen LogP contribution in [0.3, 0.4) is 0 Å². The normalized spacial score (nSPS) is 10.6. The van der Waals surface area contributed by atoms with Crippen LogP contribution in [0.25, 0.3) is 22.3 Å². The van der Waals surface area contributed by atoms with E-state index in [1.807, 2.05) is 0 Å². The van der Waals surface area contributed by atoms with Gasteiger partial charge in [-0.25, -0.2) is 4.98 Å². The van der Waals surface area contributed by atoms with Crippen LogP contribution >= 0.6 is 0 Å². The van der Waals surface area contributed by atoms with Gasteiger partial charge in [-0.1, -0.05) is 12.1 Å². The fourth-order valence-corrected chi connectivity index (χ4v) is 2.00. The third kappa shape index (κ3) is 1.93. The van der Waals surface area contributed by atoms with Crippen molar-refractivity contribution in [1.82, 2.24) is 4.98 Å². The summed E-state index contributed by atoms with van der Waals surface area (Å²) in [6, 6.07) is 12.8. The molecule has 0 saturated carbocycles. The molecule has 0 aliphatic carbocycles. The third-order valence-corrected chi connectivity index (χ3v) is 3.02. The zero-order valence-electron chi connectivity index (χ0n) is 10.3. The first-order valence-corrected chi connectivity index (χ1v) is 5.89. The average Bonchev–Trinajstić information content (AvgIpc) is 2.48. The minimum absolute atomic E-state index is 0.0139. The van der Waals surface area contributed by atoms with Gasteiger partial charge in [0.1, 0.15) is 11.7 Å². The molecule has 0 spiro atoms. The highest BCUT2D eigenvalue weighted by Crippen LogP contribution is 2.20. The number of rotatable bonds is 2. The molecule has 0 bridgehead atoms. The average molecular weight is 267 g/mol. The van der Waals surface area contributed by atoms with Crippen LogP contribution in [-0.4, -0.2) is 9.91 Å². The number of fused-ring (bicyclic) bond motifs is 1. The summed E-state index contributed by atoms with van der Waals surface area (Å²) in [6.45, 7) is 0. The molecule has 1 aromatic heterocycles. The third-order valence-electron chi connectivity index (χ3n) is 3.02. The lowest BCUT2D eigenvalue weighted by molar-refractivity contribution is -0.565. The zero-order chi connectivity index (χ0) is 14.1. The smallest absolute Gasteiger partial charge is 0.269 e. The van der Waals surface area contributed by atoms with E-state index in [1.54, 1.807) is 36.4 Å². The number of hydrogen-bond donors (Lipinski definition) is 0. The van der Waals surface area contributed by atoms with Crippen molar-refractivity contribution in [3.05, 3.63) is 70.0 Å². The lowest BCUT2D eigenvalue weighted by atomic mass is 10.1. The van der Waals surface area contributed by atoms with Gasteiger partial charge < -0.3 is 5.21 Å². The van der Waals surface area contributed by atoms with Gasteiger partial charge in [0.2, 0.25) is 11.2 Å². The first-order chi connectivity index (χ1) is 9.66. The van der Waals surface area contributed by atoms with Gasteiger partial charge in [-0.2, -0.15) is 4.73 Å². The number of nitrogens with zero attached hydrogens (tertiary/aromatic N) is 3. The molecule has 0 radical (unpaired) electrons. The molecular formula is C14H9N3O3. The Balaban J connectivity index is 2.14. The Morgan fingerprint density at radius 3 is 2.45 bits per heavy atom. The maximum atomic E-state index is 12.3. The molecule has 2 aromatic carbocycles. The number of non-ortho nitro benzene ring substituents is 1. The van der Waals surface area contributed by atoms with Crippen LogP contribution in [-0.2, 0) is 0 Å². The summed E-state index contributed by atoms with van der Waals surface area (Å²) in [6.07, 6.45) is 1.47. The summed E-state index contributed by atoms with van der Waals surface area (Å²) in [7, 11) is 0. The highest BCUT2D eigenvalue weighted by Gasteiger charge is 2.14. The lowest BCUT2D eigenvalue weighted by Crippen LogP contribution is -2.30. The summed E-state index contributed by atoms with van der Waals surface area (Å²) in [5, 5.41) is 22.9. The molecule has 0 aliphatic heterocycles. The molecule has 0 amide bonds. The van der Waals surface area contributed by atoms with Crippen molar-refractivity contribution in [2.75, 3.05) is 0 Å². The van der Waals surface area contributed by atoms with Gasteiger partial charge in [-0.3, -0.25) is 10.1 Å². The molecule has 0 fully saturated rings. The Kier molecular flexibility index (Phi) is 2.76. The van der Waals surface area contributed by atoms with Gasteiger partial charge in [0.15, 0.2) is 0 Å². The van der Waals surface area contributed by atoms with Crippen molar-refractivity contribution >= 4 is 16.7 Å². The van der Waals surface area contributed by atoms with E-state index in [9.17, 15) is 15.3 Å². The van der Waals surface area contributed by atoms with E-state index in [2.05, 4.69) is 4.98 Å². The predicted octanol–water partition coefficient (Wildman–Crippen LogP) is 2.44. The minimum atomic E-state index is -0.479. The lowest BCUT2D eigenvalue weighted by Gasteiger charge is -2.06. The van der Waals surface area contributed by atoms with Crippen molar-refractivity contribution in [3.63, 3.8) is 0 Å². The van der Waals surface area contributed by atoms with Gasteiger partial charge >= 0.3 is 0 Å². The van der Waals surface area contributed by atoms with E-state index in [-0.39, 0.29) is 5.69 Å². The topological polar surface area (TPSA) is 83.0 Å². The van der Waals surface area contributed by atoms with Gasteiger partial charge in [0.05, 0.1) is 4.92 Å². The Morgan fingerprint density at radius 1 is 1.05 bits per heavy atom. The van der Waals surface area contributed by atoms with Crippen LogP contribution in [0.5, 0.6) is 0 Å². The summed E-state index contributed by atoms with van der Waals surface area (Å²) >= 11 is 0. The number of aromatic nitrogens is 2. The van der Waals surface area contributed by atoms with Crippen LogP contribution < -0.4 is 4.73 Å². The number of benzene rings is 2. The summed E-state index contributed by atoms with van der Waals surface area (Å²) in [5.74, 6) is 0. The molecule has 6 nitrogen and oxygen atoms in total. The van der Waals surface area contributed by atoms with E-state index in [0.29, 0.717) is 22.3 Å². The molecule has 0 aliphatic rings. The van der Waals surface area contributed by atoms with Gasteiger partial charge in [0.25, 0.3) is 5.69 Å². The van der Waals surface area contributed by atoms with Crippen molar-refractivity contribution in [1.29, 1.82) is 0 Å². The van der Waals surface area contributed by atoms with Crippen LogP contribution in [0.1, 0.15) is 0 Å². The second-order valence-electron chi connectivity index (χ2n) is 4.23. The molecule has 20 heavy (non-hydrogen) atoms. The van der Waals surface area contributed by atoms with Gasteiger partial charge in [-0.05, 0) is 18.2 Å².